The van der Waals surface area contributed by atoms with E-state index in [1.54, 1.807) is 6.07 Å². The van der Waals surface area contributed by atoms with E-state index in [0.29, 0.717) is 12.1 Å². The third-order valence-corrected chi connectivity index (χ3v) is 3.99. The molecule has 24 heavy (non-hydrogen) atoms. The summed E-state index contributed by atoms with van der Waals surface area (Å²) in [5.74, 6) is -1.19. The molecule has 3 amide bonds. The minimum atomic E-state index is -0.643. The molecule has 0 aliphatic heterocycles. The van der Waals surface area contributed by atoms with Gasteiger partial charge in [0.15, 0.2) is 6.61 Å². The number of unbranched alkanes of at least 4 members (excludes halogenated alkanes) is 1. The number of aryl methyl sites for hydroxylation is 2. The van der Waals surface area contributed by atoms with E-state index in [1.807, 2.05) is 19.1 Å². The van der Waals surface area contributed by atoms with Crippen molar-refractivity contribution in [2.75, 3.05) is 13.2 Å². The van der Waals surface area contributed by atoms with Crippen LogP contribution in [0.15, 0.2) is 18.2 Å². The molecular formula is C18H24N2O4. The number of fused-ring (bicyclic) bond motifs is 1. The highest BCUT2D eigenvalue weighted by Gasteiger charge is 2.15. The summed E-state index contributed by atoms with van der Waals surface area (Å²) in [6.07, 6.45) is 6.11. The molecule has 0 bridgehead atoms. The molecule has 0 heterocycles. The van der Waals surface area contributed by atoms with Crippen LogP contribution in [0.1, 0.15) is 54.1 Å². The molecule has 0 saturated carbocycles. The van der Waals surface area contributed by atoms with Crippen LogP contribution in [0.3, 0.4) is 0 Å². The zero-order valence-electron chi connectivity index (χ0n) is 14.0. The number of hydrogen-bond acceptors (Lipinski definition) is 4. The molecule has 0 atom stereocenters. The van der Waals surface area contributed by atoms with Gasteiger partial charge in [0.1, 0.15) is 0 Å². The topological polar surface area (TPSA) is 84.5 Å². The van der Waals surface area contributed by atoms with Crippen molar-refractivity contribution in [1.82, 2.24) is 10.6 Å². The quantitative estimate of drug-likeness (QED) is 0.618. The first-order valence-corrected chi connectivity index (χ1v) is 8.46. The molecule has 0 unspecified atom stereocenters. The average Bonchev–Trinajstić information content (AvgIpc) is 2.59. The molecule has 1 aromatic rings. The van der Waals surface area contributed by atoms with Crippen molar-refractivity contribution >= 4 is 17.9 Å². The van der Waals surface area contributed by atoms with Crippen LogP contribution >= 0.6 is 0 Å². The number of benzene rings is 1. The number of carbonyl (C=O) groups is 3. The number of imide groups is 1. The largest absolute Gasteiger partial charge is 0.452 e. The van der Waals surface area contributed by atoms with Gasteiger partial charge in [-0.3, -0.25) is 10.1 Å². The van der Waals surface area contributed by atoms with Crippen LogP contribution in [0.5, 0.6) is 0 Å². The van der Waals surface area contributed by atoms with Crippen LogP contribution in [0, 0.1) is 0 Å². The Bertz CT molecular complexity index is 613. The number of esters is 1. The number of carbonyl (C=O) groups excluding carboxylic acids is 3. The fraction of sp³-hybridized carbons (Fsp3) is 0.500. The summed E-state index contributed by atoms with van der Waals surface area (Å²) in [7, 11) is 0. The number of amides is 3. The first-order valence-electron chi connectivity index (χ1n) is 8.46. The lowest BCUT2D eigenvalue weighted by atomic mass is 9.90. The van der Waals surface area contributed by atoms with Crippen LogP contribution < -0.4 is 10.6 Å². The molecule has 0 saturated heterocycles. The van der Waals surface area contributed by atoms with Crippen molar-refractivity contribution in [3.05, 3.63) is 34.9 Å². The highest BCUT2D eigenvalue weighted by molar-refractivity contribution is 5.97. The monoisotopic (exact) mass is 332 g/mol. The second-order valence-electron chi connectivity index (χ2n) is 5.92. The van der Waals surface area contributed by atoms with Gasteiger partial charge in [-0.2, -0.15) is 0 Å². The van der Waals surface area contributed by atoms with Gasteiger partial charge in [-0.25, -0.2) is 9.59 Å². The van der Waals surface area contributed by atoms with Crippen LogP contribution in [-0.2, 0) is 22.4 Å². The van der Waals surface area contributed by atoms with Gasteiger partial charge in [-0.15, -0.1) is 0 Å². The van der Waals surface area contributed by atoms with Crippen molar-refractivity contribution in [1.29, 1.82) is 0 Å². The molecule has 1 aliphatic carbocycles. The minimum Gasteiger partial charge on any atom is -0.452 e. The second-order valence-corrected chi connectivity index (χ2v) is 5.92. The minimum absolute atomic E-state index is 0.441. The molecule has 0 spiro atoms. The average molecular weight is 332 g/mol. The van der Waals surface area contributed by atoms with E-state index < -0.39 is 24.5 Å². The Morgan fingerprint density at radius 2 is 1.88 bits per heavy atom. The van der Waals surface area contributed by atoms with Crippen LogP contribution in [0.25, 0.3) is 0 Å². The smallest absolute Gasteiger partial charge is 0.338 e. The van der Waals surface area contributed by atoms with E-state index in [2.05, 4.69) is 10.6 Å². The van der Waals surface area contributed by atoms with E-state index in [9.17, 15) is 14.4 Å². The summed E-state index contributed by atoms with van der Waals surface area (Å²) in [6.45, 7) is 2.03. The molecule has 2 N–H and O–H groups in total. The third kappa shape index (κ3) is 5.37. The predicted molar refractivity (Wildman–Crippen MR) is 89.8 cm³/mol. The van der Waals surface area contributed by atoms with Crippen molar-refractivity contribution in [2.24, 2.45) is 0 Å². The summed E-state index contributed by atoms with van der Waals surface area (Å²) in [6, 6.07) is 4.94. The summed E-state index contributed by atoms with van der Waals surface area (Å²) in [5, 5.41) is 4.69. The van der Waals surface area contributed by atoms with Gasteiger partial charge in [0.25, 0.3) is 5.91 Å². The Kier molecular flexibility index (Phi) is 6.78. The standard InChI is InChI=1S/C18H24N2O4/c1-2-3-10-19-18(23)20-16(21)12-24-17(22)15-9-8-13-6-4-5-7-14(13)11-15/h8-9,11H,2-7,10,12H2,1H3,(H2,19,20,21,23). The van der Waals surface area contributed by atoms with Gasteiger partial charge in [0, 0.05) is 6.54 Å². The summed E-state index contributed by atoms with van der Waals surface area (Å²) in [5.41, 5.74) is 2.89. The lowest BCUT2D eigenvalue weighted by molar-refractivity contribution is -0.123. The van der Waals surface area contributed by atoms with Gasteiger partial charge in [-0.1, -0.05) is 19.4 Å². The molecule has 1 aromatic carbocycles. The highest BCUT2D eigenvalue weighted by atomic mass is 16.5. The molecule has 6 nitrogen and oxygen atoms in total. The van der Waals surface area contributed by atoms with Gasteiger partial charge in [0.2, 0.25) is 0 Å². The Hall–Kier alpha value is -2.37. The normalized spacial score (nSPS) is 12.9. The first kappa shape index (κ1) is 18.0. The Morgan fingerprint density at radius 3 is 2.62 bits per heavy atom. The lowest BCUT2D eigenvalue weighted by Gasteiger charge is -2.16. The van der Waals surface area contributed by atoms with Gasteiger partial charge in [-0.05, 0) is 55.4 Å². The fourth-order valence-corrected chi connectivity index (χ4v) is 2.66. The third-order valence-electron chi connectivity index (χ3n) is 3.99. The van der Waals surface area contributed by atoms with Gasteiger partial charge >= 0.3 is 12.0 Å². The highest BCUT2D eigenvalue weighted by Crippen LogP contribution is 2.22. The number of ether oxygens (including phenoxy) is 1. The van der Waals surface area contributed by atoms with Crippen molar-refractivity contribution in [3.8, 4) is 0 Å². The van der Waals surface area contributed by atoms with E-state index in [1.165, 1.54) is 17.5 Å². The second kappa shape index (κ2) is 9.05. The zero-order chi connectivity index (χ0) is 17.4. The molecule has 0 fully saturated rings. The SMILES string of the molecule is CCCCNC(=O)NC(=O)COC(=O)c1ccc2c(c1)CCCC2. The maximum atomic E-state index is 12.0. The molecule has 2 rings (SSSR count). The van der Waals surface area contributed by atoms with Crippen molar-refractivity contribution in [3.63, 3.8) is 0 Å². The summed E-state index contributed by atoms with van der Waals surface area (Å²) >= 11 is 0. The molecule has 6 heteroatoms. The van der Waals surface area contributed by atoms with Crippen molar-refractivity contribution < 1.29 is 19.1 Å². The van der Waals surface area contributed by atoms with Crippen molar-refractivity contribution in [2.45, 2.75) is 45.4 Å². The van der Waals surface area contributed by atoms with Gasteiger partial charge < -0.3 is 10.1 Å². The summed E-state index contributed by atoms with van der Waals surface area (Å²) < 4.78 is 4.98. The van der Waals surface area contributed by atoms with E-state index in [4.69, 9.17) is 4.74 Å². The maximum Gasteiger partial charge on any atom is 0.338 e. The fourth-order valence-electron chi connectivity index (χ4n) is 2.66. The molecule has 0 aromatic heterocycles. The first-order chi connectivity index (χ1) is 11.6. The molecule has 130 valence electrons. The lowest BCUT2D eigenvalue weighted by Crippen LogP contribution is -2.41. The van der Waals surface area contributed by atoms with E-state index in [0.717, 1.165) is 32.1 Å². The van der Waals surface area contributed by atoms with Gasteiger partial charge in [0.05, 0.1) is 5.56 Å². The zero-order valence-corrected chi connectivity index (χ0v) is 14.0. The predicted octanol–water partition coefficient (Wildman–Crippen LogP) is 2.35. The molecule has 0 radical (unpaired) electrons. The number of rotatable bonds is 6. The summed E-state index contributed by atoms with van der Waals surface area (Å²) in [4.78, 5) is 35.1. The maximum absolute atomic E-state index is 12.0. The van der Waals surface area contributed by atoms with E-state index >= 15 is 0 Å². The molecule has 1 aliphatic rings. The van der Waals surface area contributed by atoms with Crippen LogP contribution in [0.4, 0.5) is 4.79 Å². The Balaban J connectivity index is 1.78. The number of nitrogens with one attached hydrogen (secondary N) is 2. The Morgan fingerprint density at radius 1 is 1.12 bits per heavy atom. The van der Waals surface area contributed by atoms with Crippen LogP contribution in [-0.4, -0.2) is 31.1 Å². The number of hydrogen-bond donors (Lipinski definition) is 2. The van der Waals surface area contributed by atoms with Crippen LogP contribution in [0.2, 0.25) is 0 Å². The van der Waals surface area contributed by atoms with E-state index in [-0.39, 0.29) is 0 Å². The Labute approximate surface area is 142 Å². The number of urea groups is 1. The molecular weight excluding hydrogens is 308 g/mol.